The lowest BCUT2D eigenvalue weighted by Crippen LogP contribution is -2.33. The number of fused-ring (bicyclic) bond motifs is 1. The number of nitrogens with two attached hydrogens (primary N) is 1. The molecule has 0 radical (unpaired) electrons. The molecule has 1 fully saturated rings. The first kappa shape index (κ1) is 11.3. The van der Waals surface area contributed by atoms with Crippen molar-refractivity contribution in [3.8, 4) is 0 Å². The minimum absolute atomic E-state index is 0.00782. The van der Waals surface area contributed by atoms with Gasteiger partial charge in [0.2, 0.25) is 0 Å². The van der Waals surface area contributed by atoms with E-state index in [0.717, 1.165) is 30.2 Å². The van der Waals surface area contributed by atoms with Crippen LogP contribution in [0.25, 0.3) is 10.9 Å². The molecule has 4 nitrogen and oxygen atoms in total. The number of carbonyl (C=O) groups is 1. The smallest absolute Gasteiger partial charge is 0.253 e. The first-order valence-corrected chi connectivity index (χ1v) is 6.36. The summed E-state index contributed by atoms with van der Waals surface area (Å²) in [4.78, 5) is 15.3. The Morgan fingerprint density at radius 3 is 2.94 bits per heavy atom. The van der Waals surface area contributed by atoms with E-state index < -0.39 is 0 Å². The van der Waals surface area contributed by atoms with Gasteiger partial charge in [0.05, 0.1) is 5.56 Å². The number of aromatic nitrogens is 1. The van der Waals surface area contributed by atoms with Gasteiger partial charge in [-0.15, -0.1) is 0 Å². The molecule has 1 amide bonds. The van der Waals surface area contributed by atoms with Crippen LogP contribution in [0.3, 0.4) is 0 Å². The maximum Gasteiger partial charge on any atom is 0.253 e. The van der Waals surface area contributed by atoms with E-state index in [1.165, 1.54) is 0 Å². The van der Waals surface area contributed by atoms with E-state index in [2.05, 4.69) is 10.3 Å². The van der Waals surface area contributed by atoms with Crippen LogP contribution in [0.5, 0.6) is 0 Å². The highest BCUT2D eigenvalue weighted by Gasteiger charge is 2.24. The SMILES string of the molecule is NC1CCC(NC(=O)c2c[nH]c3ccccc23)C1. The molecule has 2 unspecified atom stereocenters. The number of para-hydroxylation sites is 1. The molecule has 2 atom stereocenters. The predicted octanol–water partition coefficient (Wildman–Crippen LogP) is 1.78. The molecule has 1 aliphatic carbocycles. The zero-order valence-corrected chi connectivity index (χ0v) is 10.1. The summed E-state index contributed by atoms with van der Waals surface area (Å²) in [6, 6.07) is 8.28. The fourth-order valence-electron chi connectivity index (χ4n) is 2.67. The largest absolute Gasteiger partial charge is 0.360 e. The first-order chi connectivity index (χ1) is 8.74. The summed E-state index contributed by atoms with van der Waals surface area (Å²) in [6.07, 6.45) is 4.64. The van der Waals surface area contributed by atoms with Gasteiger partial charge in [-0.25, -0.2) is 0 Å². The third-order valence-corrected chi connectivity index (χ3v) is 3.64. The lowest BCUT2D eigenvalue weighted by molar-refractivity contribution is 0.0939. The van der Waals surface area contributed by atoms with E-state index in [-0.39, 0.29) is 18.0 Å². The minimum atomic E-state index is -0.00782. The molecular formula is C14H17N3O. The van der Waals surface area contributed by atoms with Gasteiger partial charge in [-0.2, -0.15) is 0 Å². The molecular weight excluding hydrogens is 226 g/mol. The second-order valence-electron chi connectivity index (χ2n) is 4.99. The maximum absolute atomic E-state index is 12.2. The van der Waals surface area contributed by atoms with Gasteiger partial charge in [-0.1, -0.05) is 18.2 Å². The fourth-order valence-corrected chi connectivity index (χ4v) is 2.67. The number of H-pyrrole nitrogens is 1. The molecule has 0 saturated heterocycles. The van der Waals surface area contributed by atoms with E-state index >= 15 is 0 Å². The minimum Gasteiger partial charge on any atom is -0.360 e. The Labute approximate surface area is 106 Å². The predicted molar refractivity (Wildman–Crippen MR) is 71.4 cm³/mol. The van der Waals surface area contributed by atoms with Crippen molar-refractivity contribution >= 4 is 16.8 Å². The molecule has 0 spiro atoms. The summed E-state index contributed by atoms with van der Waals surface area (Å²) in [6.45, 7) is 0. The lowest BCUT2D eigenvalue weighted by Gasteiger charge is -2.11. The van der Waals surface area contributed by atoms with Crippen LogP contribution in [0.15, 0.2) is 30.5 Å². The van der Waals surface area contributed by atoms with E-state index in [1.54, 1.807) is 6.20 Å². The van der Waals surface area contributed by atoms with Crippen molar-refractivity contribution in [1.29, 1.82) is 0 Å². The molecule has 1 aromatic heterocycles. The molecule has 1 saturated carbocycles. The highest BCUT2D eigenvalue weighted by atomic mass is 16.1. The van der Waals surface area contributed by atoms with Crippen LogP contribution >= 0.6 is 0 Å². The van der Waals surface area contributed by atoms with Crippen molar-refractivity contribution < 1.29 is 4.79 Å². The standard InChI is InChI=1S/C14H17N3O/c15-9-5-6-10(7-9)17-14(18)12-8-16-13-4-2-1-3-11(12)13/h1-4,8-10,16H,5-7,15H2,(H,17,18). The number of hydrogen-bond donors (Lipinski definition) is 3. The second kappa shape index (κ2) is 4.46. The van der Waals surface area contributed by atoms with E-state index in [1.807, 2.05) is 24.3 Å². The molecule has 3 rings (SSSR count). The van der Waals surface area contributed by atoms with Crippen LogP contribution in [0.4, 0.5) is 0 Å². The van der Waals surface area contributed by atoms with Crippen molar-refractivity contribution in [2.75, 3.05) is 0 Å². The van der Waals surface area contributed by atoms with E-state index in [9.17, 15) is 4.79 Å². The average molecular weight is 243 g/mol. The number of amides is 1. The van der Waals surface area contributed by atoms with E-state index in [4.69, 9.17) is 5.73 Å². The van der Waals surface area contributed by atoms with Crippen molar-refractivity contribution in [2.24, 2.45) is 5.73 Å². The summed E-state index contributed by atoms with van der Waals surface area (Å²) in [5.41, 5.74) is 7.56. The maximum atomic E-state index is 12.2. The normalized spacial score (nSPS) is 23.4. The van der Waals surface area contributed by atoms with Gasteiger partial charge in [-0.3, -0.25) is 4.79 Å². The number of rotatable bonds is 2. The summed E-state index contributed by atoms with van der Waals surface area (Å²) >= 11 is 0. The zero-order valence-electron chi connectivity index (χ0n) is 10.1. The summed E-state index contributed by atoms with van der Waals surface area (Å²) in [5, 5.41) is 4.03. The van der Waals surface area contributed by atoms with Crippen molar-refractivity contribution in [2.45, 2.75) is 31.3 Å². The van der Waals surface area contributed by atoms with Crippen LogP contribution in [-0.2, 0) is 0 Å². The third kappa shape index (κ3) is 1.99. The first-order valence-electron chi connectivity index (χ1n) is 6.36. The lowest BCUT2D eigenvalue weighted by atomic mass is 10.1. The molecule has 4 N–H and O–H groups in total. The fraction of sp³-hybridized carbons (Fsp3) is 0.357. The number of nitrogens with one attached hydrogen (secondary N) is 2. The quantitative estimate of drug-likeness (QED) is 0.752. The molecule has 0 bridgehead atoms. The molecule has 1 aromatic carbocycles. The Balaban J connectivity index is 1.80. The summed E-state index contributed by atoms with van der Waals surface area (Å²) in [5.74, 6) is -0.00782. The van der Waals surface area contributed by atoms with Gasteiger partial charge in [0.15, 0.2) is 0 Å². The van der Waals surface area contributed by atoms with Crippen LogP contribution in [0.1, 0.15) is 29.6 Å². The van der Waals surface area contributed by atoms with Gasteiger partial charge in [0, 0.05) is 29.2 Å². The average Bonchev–Trinajstić information content (AvgIpc) is 2.95. The third-order valence-electron chi connectivity index (χ3n) is 3.64. The highest BCUT2D eigenvalue weighted by Crippen LogP contribution is 2.20. The Kier molecular flexibility index (Phi) is 2.80. The topological polar surface area (TPSA) is 70.9 Å². The molecule has 4 heteroatoms. The number of aromatic amines is 1. The molecule has 1 aliphatic rings. The number of carbonyl (C=O) groups excluding carboxylic acids is 1. The van der Waals surface area contributed by atoms with Crippen LogP contribution in [-0.4, -0.2) is 23.0 Å². The van der Waals surface area contributed by atoms with E-state index in [0.29, 0.717) is 5.56 Å². The second-order valence-corrected chi connectivity index (χ2v) is 4.99. The van der Waals surface area contributed by atoms with Gasteiger partial charge in [0.25, 0.3) is 5.91 Å². The molecule has 18 heavy (non-hydrogen) atoms. The summed E-state index contributed by atoms with van der Waals surface area (Å²) < 4.78 is 0. The Morgan fingerprint density at radius 1 is 1.33 bits per heavy atom. The van der Waals surface area contributed by atoms with Gasteiger partial charge < -0.3 is 16.0 Å². The number of hydrogen-bond acceptors (Lipinski definition) is 2. The molecule has 94 valence electrons. The Morgan fingerprint density at radius 2 is 2.17 bits per heavy atom. The van der Waals surface area contributed by atoms with Crippen LogP contribution in [0, 0.1) is 0 Å². The van der Waals surface area contributed by atoms with Crippen molar-refractivity contribution in [3.63, 3.8) is 0 Å². The molecule has 1 heterocycles. The molecule has 2 aromatic rings. The molecule has 0 aliphatic heterocycles. The van der Waals surface area contributed by atoms with Crippen LogP contribution < -0.4 is 11.1 Å². The van der Waals surface area contributed by atoms with Gasteiger partial charge in [-0.05, 0) is 25.3 Å². The van der Waals surface area contributed by atoms with Gasteiger partial charge >= 0.3 is 0 Å². The number of benzene rings is 1. The Bertz CT molecular complexity index is 575. The highest BCUT2D eigenvalue weighted by molar-refractivity contribution is 6.06. The Hall–Kier alpha value is -1.81. The van der Waals surface area contributed by atoms with Crippen LogP contribution in [0.2, 0.25) is 0 Å². The van der Waals surface area contributed by atoms with Crippen molar-refractivity contribution in [1.82, 2.24) is 10.3 Å². The van der Waals surface area contributed by atoms with Crippen molar-refractivity contribution in [3.05, 3.63) is 36.0 Å². The zero-order chi connectivity index (χ0) is 12.5. The van der Waals surface area contributed by atoms with Gasteiger partial charge in [0.1, 0.15) is 0 Å². The summed E-state index contributed by atoms with van der Waals surface area (Å²) in [7, 11) is 0. The monoisotopic (exact) mass is 243 g/mol.